The minimum atomic E-state index is -2.85. The van der Waals surface area contributed by atoms with E-state index in [-0.39, 0.29) is 35.8 Å². The Morgan fingerprint density at radius 2 is 2.07 bits per heavy atom. The molecule has 0 saturated carbocycles. The molecule has 28 heavy (non-hydrogen) atoms. The molecule has 1 saturated heterocycles. The van der Waals surface area contributed by atoms with E-state index in [9.17, 15) is 8.78 Å². The smallest absolute Gasteiger partial charge is 0.387 e. The van der Waals surface area contributed by atoms with Crippen molar-refractivity contribution in [2.24, 2.45) is 10.9 Å². The summed E-state index contributed by atoms with van der Waals surface area (Å²) < 4.78 is 35.4. The SMILES string of the molecule is CN=C(NCc1ccccc1OC(F)F)NCC1CN(CC(C)C)CCO1.I. The van der Waals surface area contributed by atoms with E-state index in [1.54, 1.807) is 25.2 Å². The zero-order chi connectivity index (χ0) is 19.6. The summed E-state index contributed by atoms with van der Waals surface area (Å²) in [4.78, 5) is 6.59. The summed E-state index contributed by atoms with van der Waals surface area (Å²) in [6.45, 7) is 6.17. The van der Waals surface area contributed by atoms with Gasteiger partial charge in [0.25, 0.3) is 0 Å². The highest BCUT2D eigenvalue weighted by molar-refractivity contribution is 14.0. The summed E-state index contributed by atoms with van der Waals surface area (Å²) in [6.07, 6.45) is 0.0884. The van der Waals surface area contributed by atoms with Crippen molar-refractivity contribution in [2.45, 2.75) is 33.1 Å². The van der Waals surface area contributed by atoms with Crippen LogP contribution in [0.1, 0.15) is 19.4 Å². The predicted molar refractivity (Wildman–Crippen MR) is 118 cm³/mol. The van der Waals surface area contributed by atoms with Crippen LogP contribution in [0.4, 0.5) is 8.78 Å². The van der Waals surface area contributed by atoms with E-state index in [0.29, 0.717) is 30.5 Å². The van der Waals surface area contributed by atoms with Crippen LogP contribution in [0.5, 0.6) is 5.75 Å². The van der Waals surface area contributed by atoms with Gasteiger partial charge in [-0.25, -0.2) is 0 Å². The molecule has 1 aliphatic rings. The summed E-state index contributed by atoms with van der Waals surface area (Å²) in [7, 11) is 1.67. The molecule has 1 heterocycles. The van der Waals surface area contributed by atoms with Crippen molar-refractivity contribution in [2.75, 3.05) is 39.8 Å². The van der Waals surface area contributed by atoms with Crippen molar-refractivity contribution in [1.82, 2.24) is 15.5 Å². The van der Waals surface area contributed by atoms with E-state index in [4.69, 9.17) is 4.74 Å². The first kappa shape index (κ1) is 24.8. The number of benzene rings is 1. The fourth-order valence-corrected chi connectivity index (χ4v) is 3.06. The third-order valence-corrected chi connectivity index (χ3v) is 4.20. The van der Waals surface area contributed by atoms with Gasteiger partial charge >= 0.3 is 6.61 Å². The highest BCUT2D eigenvalue weighted by Gasteiger charge is 2.21. The molecule has 0 aliphatic carbocycles. The molecule has 1 atom stereocenters. The van der Waals surface area contributed by atoms with Gasteiger partial charge in [0.15, 0.2) is 5.96 Å². The first-order valence-electron chi connectivity index (χ1n) is 9.29. The molecule has 1 aromatic rings. The first-order chi connectivity index (χ1) is 13.0. The summed E-state index contributed by atoms with van der Waals surface area (Å²) in [6, 6.07) is 6.72. The molecule has 0 amide bonds. The van der Waals surface area contributed by atoms with Gasteiger partial charge in [-0.3, -0.25) is 9.89 Å². The van der Waals surface area contributed by atoms with Crippen LogP contribution in [0.15, 0.2) is 29.3 Å². The molecule has 0 bridgehead atoms. The molecule has 1 unspecified atom stereocenters. The monoisotopic (exact) mass is 512 g/mol. The Morgan fingerprint density at radius 1 is 1.32 bits per heavy atom. The lowest BCUT2D eigenvalue weighted by molar-refractivity contribution is -0.0504. The van der Waals surface area contributed by atoms with Gasteiger partial charge in [0.05, 0.1) is 12.7 Å². The third-order valence-electron chi connectivity index (χ3n) is 4.20. The Morgan fingerprint density at radius 3 is 2.75 bits per heavy atom. The third kappa shape index (κ3) is 8.87. The number of guanidine groups is 1. The van der Waals surface area contributed by atoms with Crippen LogP contribution in [0.3, 0.4) is 0 Å². The quantitative estimate of drug-likeness (QED) is 0.319. The van der Waals surface area contributed by atoms with E-state index < -0.39 is 6.61 Å². The fourth-order valence-electron chi connectivity index (χ4n) is 3.06. The van der Waals surface area contributed by atoms with Gasteiger partial charge in [0.2, 0.25) is 0 Å². The van der Waals surface area contributed by atoms with Crippen molar-refractivity contribution < 1.29 is 18.3 Å². The van der Waals surface area contributed by atoms with E-state index in [1.165, 1.54) is 6.07 Å². The summed E-state index contributed by atoms with van der Waals surface area (Å²) in [5.74, 6) is 1.38. The highest BCUT2D eigenvalue weighted by Crippen LogP contribution is 2.19. The van der Waals surface area contributed by atoms with Crippen LogP contribution in [0.2, 0.25) is 0 Å². The number of nitrogens with zero attached hydrogens (tertiary/aromatic N) is 2. The first-order valence-corrected chi connectivity index (χ1v) is 9.29. The van der Waals surface area contributed by atoms with Gasteiger partial charge < -0.3 is 20.1 Å². The number of aliphatic imine (C=N–C) groups is 1. The molecule has 0 aromatic heterocycles. The molecule has 1 aliphatic heterocycles. The van der Waals surface area contributed by atoms with Gasteiger partial charge in [-0.15, -0.1) is 24.0 Å². The number of halogens is 3. The normalized spacial score (nSPS) is 18.1. The average molecular weight is 512 g/mol. The number of hydrogen-bond donors (Lipinski definition) is 2. The molecule has 6 nitrogen and oxygen atoms in total. The summed E-state index contributed by atoms with van der Waals surface area (Å²) in [5.41, 5.74) is 0.637. The van der Waals surface area contributed by atoms with Crippen LogP contribution in [-0.2, 0) is 11.3 Å². The number of morpholine rings is 1. The maximum Gasteiger partial charge on any atom is 0.387 e. The average Bonchev–Trinajstić information content (AvgIpc) is 2.62. The Kier molecular flexibility index (Phi) is 11.6. The largest absolute Gasteiger partial charge is 0.434 e. The molecule has 1 fully saturated rings. The molecule has 9 heteroatoms. The van der Waals surface area contributed by atoms with E-state index in [1.807, 2.05) is 0 Å². The molecule has 0 spiro atoms. The van der Waals surface area contributed by atoms with E-state index in [0.717, 1.165) is 26.2 Å². The van der Waals surface area contributed by atoms with Gasteiger partial charge in [-0.1, -0.05) is 32.0 Å². The number of rotatable bonds is 8. The summed E-state index contributed by atoms with van der Waals surface area (Å²) >= 11 is 0. The topological polar surface area (TPSA) is 58.1 Å². The van der Waals surface area contributed by atoms with Crippen LogP contribution in [0.25, 0.3) is 0 Å². The minimum Gasteiger partial charge on any atom is -0.434 e. The lowest BCUT2D eigenvalue weighted by atomic mass is 10.2. The van der Waals surface area contributed by atoms with Crippen LogP contribution in [0, 0.1) is 5.92 Å². The van der Waals surface area contributed by atoms with Crippen LogP contribution >= 0.6 is 24.0 Å². The lowest BCUT2D eigenvalue weighted by Gasteiger charge is -2.34. The number of hydrogen-bond acceptors (Lipinski definition) is 4. The molecule has 1 aromatic carbocycles. The second-order valence-electron chi connectivity index (χ2n) is 6.94. The highest BCUT2D eigenvalue weighted by atomic mass is 127. The standard InChI is InChI=1S/C19H30F2N4O2.HI/c1-14(2)12-25-8-9-26-16(13-25)11-24-19(22-3)23-10-15-6-4-5-7-17(15)27-18(20)21;/h4-7,14,16,18H,8-13H2,1-3H3,(H2,22,23,24);1H. The molecule has 0 radical (unpaired) electrons. The van der Waals surface area contributed by atoms with Crippen molar-refractivity contribution in [3.05, 3.63) is 29.8 Å². The number of para-hydroxylation sites is 1. The van der Waals surface area contributed by atoms with Gasteiger partial charge in [0.1, 0.15) is 5.75 Å². The van der Waals surface area contributed by atoms with Crippen molar-refractivity contribution in [3.63, 3.8) is 0 Å². The van der Waals surface area contributed by atoms with Crippen molar-refractivity contribution >= 4 is 29.9 Å². The maximum absolute atomic E-state index is 12.5. The Hall–Kier alpha value is -1.20. The van der Waals surface area contributed by atoms with Gasteiger partial charge in [-0.2, -0.15) is 8.78 Å². The van der Waals surface area contributed by atoms with Gasteiger partial charge in [-0.05, 0) is 12.0 Å². The second-order valence-corrected chi connectivity index (χ2v) is 6.94. The molecular formula is C19H31F2IN4O2. The molecular weight excluding hydrogens is 481 g/mol. The zero-order valence-electron chi connectivity index (χ0n) is 16.7. The van der Waals surface area contributed by atoms with E-state index >= 15 is 0 Å². The molecule has 160 valence electrons. The number of alkyl halides is 2. The maximum atomic E-state index is 12.5. The van der Waals surface area contributed by atoms with E-state index in [2.05, 4.69) is 39.1 Å². The van der Waals surface area contributed by atoms with Crippen molar-refractivity contribution in [1.29, 1.82) is 0 Å². The van der Waals surface area contributed by atoms with Crippen molar-refractivity contribution in [3.8, 4) is 5.75 Å². The fraction of sp³-hybridized carbons (Fsp3) is 0.632. The Bertz CT molecular complexity index is 605. The Labute approximate surface area is 183 Å². The minimum absolute atomic E-state index is 0. The summed E-state index contributed by atoms with van der Waals surface area (Å²) in [5, 5.41) is 6.37. The molecule has 2 rings (SSSR count). The van der Waals surface area contributed by atoms with Crippen LogP contribution < -0.4 is 15.4 Å². The predicted octanol–water partition coefficient (Wildman–Crippen LogP) is 2.93. The molecule has 2 N–H and O–H groups in total. The van der Waals surface area contributed by atoms with Crippen LogP contribution in [-0.4, -0.2) is 63.4 Å². The van der Waals surface area contributed by atoms with Gasteiger partial charge in [0, 0.05) is 45.3 Å². The number of nitrogens with one attached hydrogen (secondary N) is 2. The Balaban J connectivity index is 0.00000392. The number of ether oxygens (including phenoxy) is 2. The zero-order valence-corrected chi connectivity index (χ0v) is 19.0. The lowest BCUT2D eigenvalue weighted by Crippen LogP contribution is -2.50. The second kappa shape index (κ2) is 13.1.